The van der Waals surface area contributed by atoms with Gasteiger partial charge in [0, 0.05) is 44.6 Å². The van der Waals surface area contributed by atoms with Crippen molar-refractivity contribution < 1.29 is 14.3 Å². The molecule has 2 saturated heterocycles. The number of amides is 2. The highest BCUT2D eigenvalue weighted by Gasteiger charge is 2.45. The van der Waals surface area contributed by atoms with Gasteiger partial charge >= 0.3 is 0 Å². The van der Waals surface area contributed by atoms with E-state index in [1.165, 1.54) is 38.5 Å². The van der Waals surface area contributed by atoms with Crippen LogP contribution in [0.5, 0.6) is 0 Å². The molecule has 2 saturated carbocycles. The van der Waals surface area contributed by atoms with Crippen LogP contribution >= 0.6 is 0 Å². The molecule has 0 aromatic heterocycles. The highest BCUT2D eigenvalue weighted by atomic mass is 16.5. The van der Waals surface area contributed by atoms with Crippen LogP contribution in [-0.4, -0.2) is 72.6 Å². The summed E-state index contributed by atoms with van der Waals surface area (Å²) in [6.07, 6.45) is 12.5. The average molecular weight is 487 g/mol. The molecule has 4 aliphatic rings. The van der Waals surface area contributed by atoms with E-state index in [9.17, 15) is 14.9 Å². The Labute approximate surface area is 211 Å². The average Bonchev–Trinajstić information content (AvgIpc) is 3.28. The van der Waals surface area contributed by atoms with Crippen molar-refractivity contribution in [3.63, 3.8) is 0 Å². The molecule has 4 rings (SSSR count). The maximum Gasteiger partial charge on any atom is 0.224 e. The Morgan fingerprint density at radius 1 is 1.06 bits per heavy atom. The first-order valence-corrected chi connectivity index (χ1v) is 14.1. The van der Waals surface area contributed by atoms with Crippen molar-refractivity contribution in [2.75, 3.05) is 39.4 Å². The Morgan fingerprint density at radius 2 is 1.80 bits per heavy atom. The molecule has 2 heterocycles. The highest BCUT2D eigenvalue weighted by molar-refractivity contribution is 5.86. The number of hydrogen-bond donors (Lipinski definition) is 1. The summed E-state index contributed by atoms with van der Waals surface area (Å²) in [4.78, 5) is 31.0. The SMILES string of the molecule is CC1(C)CCCC(N2CC[C@@](C#N)(NC(=O)[C@@H](CC(=O)N3CCOCC3)CC3CCCCC3)C2)C1. The molecule has 35 heavy (non-hydrogen) atoms. The number of carbonyl (C=O) groups excluding carboxylic acids is 2. The minimum absolute atomic E-state index is 0.0488. The molecule has 4 fully saturated rings. The molecule has 196 valence electrons. The number of likely N-dealkylation sites (tertiary alicyclic amines) is 1. The van der Waals surface area contributed by atoms with Crippen LogP contribution < -0.4 is 5.32 Å². The molecule has 1 unspecified atom stereocenters. The quantitative estimate of drug-likeness (QED) is 0.590. The molecule has 2 amide bonds. The first-order chi connectivity index (χ1) is 16.8. The Bertz CT molecular complexity index is 782. The summed E-state index contributed by atoms with van der Waals surface area (Å²) in [7, 11) is 0. The fraction of sp³-hybridized carbons (Fsp3) is 0.893. The van der Waals surface area contributed by atoms with Crippen molar-refractivity contribution >= 4 is 11.8 Å². The van der Waals surface area contributed by atoms with Crippen molar-refractivity contribution in [1.29, 1.82) is 5.26 Å². The number of hydrogen-bond acceptors (Lipinski definition) is 5. The number of nitrogens with one attached hydrogen (secondary N) is 1. The second-order valence-electron chi connectivity index (χ2n) is 12.5. The predicted molar refractivity (Wildman–Crippen MR) is 135 cm³/mol. The van der Waals surface area contributed by atoms with Gasteiger partial charge in [-0.1, -0.05) is 52.4 Å². The van der Waals surface area contributed by atoms with Crippen molar-refractivity contribution in [2.24, 2.45) is 17.3 Å². The van der Waals surface area contributed by atoms with Crippen LogP contribution in [0.2, 0.25) is 0 Å². The molecular formula is C28H46N4O3. The molecular weight excluding hydrogens is 440 g/mol. The van der Waals surface area contributed by atoms with Crippen LogP contribution in [0.15, 0.2) is 0 Å². The molecule has 1 N–H and O–H groups in total. The molecule has 2 aliphatic heterocycles. The summed E-state index contributed by atoms with van der Waals surface area (Å²) in [5.74, 6) is 0.0956. The van der Waals surface area contributed by atoms with Crippen LogP contribution in [0.3, 0.4) is 0 Å². The lowest BCUT2D eigenvalue weighted by Crippen LogP contribution is -2.53. The number of morpholine rings is 1. The molecule has 0 bridgehead atoms. The van der Waals surface area contributed by atoms with E-state index in [4.69, 9.17) is 4.74 Å². The summed E-state index contributed by atoms with van der Waals surface area (Å²) < 4.78 is 5.40. The van der Waals surface area contributed by atoms with Gasteiger partial charge in [-0.15, -0.1) is 0 Å². The van der Waals surface area contributed by atoms with E-state index in [1.54, 1.807) is 0 Å². The normalized spacial score (nSPS) is 31.0. The lowest BCUT2D eigenvalue weighted by Gasteiger charge is -2.40. The number of ether oxygens (including phenoxy) is 1. The van der Waals surface area contributed by atoms with E-state index in [-0.39, 0.29) is 24.2 Å². The molecule has 7 nitrogen and oxygen atoms in total. The third-order valence-corrected chi connectivity index (χ3v) is 9.07. The van der Waals surface area contributed by atoms with E-state index < -0.39 is 5.54 Å². The van der Waals surface area contributed by atoms with Gasteiger partial charge in [0.25, 0.3) is 0 Å². The van der Waals surface area contributed by atoms with Crippen molar-refractivity contribution in [2.45, 2.75) is 102 Å². The van der Waals surface area contributed by atoms with Crippen molar-refractivity contribution in [3.05, 3.63) is 0 Å². The predicted octanol–water partition coefficient (Wildman–Crippen LogP) is 3.87. The standard InChI is InChI=1S/C28H46N4O3/c1-27(2)10-6-9-24(19-27)32-12-11-28(20-29,21-32)30-26(34)23(17-22-7-4-3-5-8-22)18-25(33)31-13-15-35-16-14-31/h22-24H,3-19,21H2,1-2H3,(H,30,34)/t23-,24?,28+/m1/s1. The summed E-state index contributed by atoms with van der Waals surface area (Å²) in [6.45, 7) is 8.48. The van der Waals surface area contributed by atoms with Gasteiger partial charge in [-0.2, -0.15) is 5.26 Å². The zero-order chi connectivity index (χ0) is 24.9. The Kier molecular flexibility index (Phi) is 8.76. The minimum atomic E-state index is -0.842. The molecule has 0 spiro atoms. The molecule has 0 radical (unpaired) electrons. The Morgan fingerprint density at radius 3 is 2.49 bits per heavy atom. The maximum atomic E-state index is 13.7. The number of rotatable bonds is 7. The van der Waals surface area contributed by atoms with Gasteiger partial charge in [0.2, 0.25) is 11.8 Å². The smallest absolute Gasteiger partial charge is 0.224 e. The van der Waals surface area contributed by atoms with E-state index >= 15 is 0 Å². The van der Waals surface area contributed by atoms with Crippen LogP contribution in [0.25, 0.3) is 0 Å². The van der Waals surface area contributed by atoms with E-state index in [0.717, 1.165) is 32.2 Å². The summed E-state index contributed by atoms with van der Waals surface area (Å²) in [5, 5.41) is 13.4. The highest BCUT2D eigenvalue weighted by Crippen LogP contribution is 2.39. The van der Waals surface area contributed by atoms with Gasteiger partial charge in [-0.3, -0.25) is 14.5 Å². The second-order valence-corrected chi connectivity index (χ2v) is 12.5. The lowest BCUT2D eigenvalue weighted by atomic mass is 9.75. The Hall–Kier alpha value is -1.65. The van der Waals surface area contributed by atoms with Gasteiger partial charge in [0.15, 0.2) is 0 Å². The van der Waals surface area contributed by atoms with Gasteiger partial charge < -0.3 is 15.0 Å². The molecule has 7 heteroatoms. The Balaban J connectivity index is 1.41. The second kappa shape index (κ2) is 11.6. The van der Waals surface area contributed by atoms with Crippen LogP contribution in [-0.2, 0) is 14.3 Å². The minimum Gasteiger partial charge on any atom is -0.378 e. The van der Waals surface area contributed by atoms with Crippen LogP contribution in [0.4, 0.5) is 0 Å². The fourth-order valence-electron chi connectivity index (χ4n) is 6.94. The topological polar surface area (TPSA) is 85.7 Å². The van der Waals surface area contributed by atoms with Gasteiger partial charge in [-0.25, -0.2) is 0 Å². The van der Waals surface area contributed by atoms with E-state index in [0.29, 0.717) is 56.6 Å². The van der Waals surface area contributed by atoms with Crippen LogP contribution in [0.1, 0.15) is 90.9 Å². The number of nitrogens with zero attached hydrogens (tertiary/aromatic N) is 3. The van der Waals surface area contributed by atoms with Gasteiger partial charge in [0.05, 0.1) is 19.3 Å². The zero-order valence-electron chi connectivity index (χ0n) is 22.0. The zero-order valence-corrected chi connectivity index (χ0v) is 22.0. The largest absolute Gasteiger partial charge is 0.378 e. The third kappa shape index (κ3) is 6.98. The third-order valence-electron chi connectivity index (χ3n) is 9.07. The van der Waals surface area contributed by atoms with Crippen LogP contribution in [0, 0.1) is 28.6 Å². The van der Waals surface area contributed by atoms with E-state index in [2.05, 4.69) is 30.1 Å². The lowest BCUT2D eigenvalue weighted by molar-refractivity contribution is -0.140. The summed E-state index contributed by atoms with van der Waals surface area (Å²) in [5.41, 5.74) is -0.500. The van der Waals surface area contributed by atoms with E-state index in [1.807, 2.05) is 4.90 Å². The maximum absolute atomic E-state index is 13.7. The first-order valence-electron chi connectivity index (χ1n) is 14.1. The first kappa shape index (κ1) is 26.4. The number of nitriles is 1. The number of carbonyl (C=O) groups is 2. The summed E-state index contributed by atoms with van der Waals surface area (Å²) >= 11 is 0. The monoisotopic (exact) mass is 486 g/mol. The molecule has 2 aliphatic carbocycles. The molecule has 0 aromatic rings. The van der Waals surface area contributed by atoms with Gasteiger partial charge in [-0.05, 0) is 43.4 Å². The summed E-state index contributed by atoms with van der Waals surface area (Å²) in [6, 6.07) is 2.98. The fourth-order valence-corrected chi connectivity index (χ4v) is 6.94. The van der Waals surface area contributed by atoms with Crippen molar-refractivity contribution in [1.82, 2.24) is 15.1 Å². The molecule has 0 aromatic carbocycles. The molecule has 3 atom stereocenters. The van der Waals surface area contributed by atoms with Gasteiger partial charge in [0.1, 0.15) is 5.54 Å². The van der Waals surface area contributed by atoms with Crippen molar-refractivity contribution in [3.8, 4) is 6.07 Å².